The van der Waals surface area contributed by atoms with Gasteiger partial charge in [0.25, 0.3) is 0 Å². The van der Waals surface area contributed by atoms with E-state index in [4.69, 9.17) is 5.11 Å². The zero-order valence-corrected chi connectivity index (χ0v) is 9.73. The summed E-state index contributed by atoms with van der Waals surface area (Å²) >= 11 is 0. The van der Waals surface area contributed by atoms with Crippen molar-refractivity contribution in [3.8, 4) is 0 Å². The predicted molar refractivity (Wildman–Crippen MR) is 59.4 cm³/mol. The van der Waals surface area contributed by atoms with E-state index in [0.29, 0.717) is 0 Å². The molecule has 3 amide bonds. The van der Waals surface area contributed by atoms with Gasteiger partial charge in [0.2, 0.25) is 5.91 Å². The molecule has 0 aromatic heterocycles. The minimum absolute atomic E-state index is 0.00532. The quantitative estimate of drug-likeness (QED) is 0.577. The fraction of sp³-hybridized carbons (Fsp3) is 0.700. The molecule has 0 bridgehead atoms. The smallest absolute Gasteiger partial charge is 0.321 e. The molecule has 0 aromatic rings. The van der Waals surface area contributed by atoms with Gasteiger partial charge in [-0.05, 0) is 19.9 Å². The van der Waals surface area contributed by atoms with Gasteiger partial charge in [0.15, 0.2) is 0 Å². The average molecular weight is 243 g/mol. The van der Waals surface area contributed by atoms with Gasteiger partial charge in [-0.3, -0.25) is 19.8 Å². The Hall–Kier alpha value is -1.63. The monoisotopic (exact) mass is 243 g/mol. The zero-order valence-electron chi connectivity index (χ0n) is 9.73. The lowest BCUT2D eigenvalue weighted by Crippen LogP contribution is -2.44. The number of carbonyl (C=O) groups is 3. The van der Waals surface area contributed by atoms with Crippen LogP contribution in [0.15, 0.2) is 0 Å². The van der Waals surface area contributed by atoms with Crippen molar-refractivity contribution in [2.24, 2.45) is 0 Å². The van der Waals surface area contributed by atoms with Crippen LogP contribution in [0.3, 0.4) is 0 Å². The van der Waals surface area contributed by atoms with E-state index < -0.39 is 17.9 Å². The normalized spacial score (nSPS) is 14.5. The summed E-state index contributed by atoms with van der Waals surface area (Å²) in [5.74, 6) is -1.35. The molecular formula is C10H17N3O4. The summed E-state index contributed by atoms with van der Waals surface area (Å²) in [6, 6.07) is -0.281. The lowest BCUT2D eigenvalue weighted by atomic mass is 10.4. The number of nitrogens with one attached hydrogen (secondary N) is 2. The van der Waals surface area contributed by atoms with Crippen molar-refractivity contribution in [3.63, 3.8) is 0 Å². The van der Waals surface area contributed by atoms with Gasteiger partial charge in [-0.15, -0.1) is 0 Å². The van der Waals surface area contributed by atoms with Gasteiger partial charge >= 0.3 is 12.0 Å². The van der Waals surface area contributed by atoms with Crippen LogP contribution >= 0.6 is 0 Å². The first-order chi connectivity index (χ1) is 7.97. The Balaban J connectivity index is 2.13. The minimum atomic E-state index is -0.913. The molecule has 0 saturated heterocycles. The number of carboxylic acid groups (broad SMARTS) is 1. The molecule has 1 fully saturated rings. The largest absolute Gasteiger partial charge is 0.481 e. The maximum atomic E-state index is 11.3. The number of urea groups is 1. The maximum Gasteiger partial charge on any atom is 0.321 e. The third-order valence-corrected chi connectivity index (χ3v) is 2.29. The zero-order chi connectivity index (χ0) is 12.8. The molecule has 0 aromatic carbocycles. The van der Waals surface area contributed by atoms with Crippen LogP contribution in [0, 0.1) is 0 Å². The Labute approximate surface area is 99.2 Å². The van der Waals surface area contributed by atoms with Crippen molar-refractivity contribution >= 4 is 17.9 Å². The number of hydrogen-bond donors (Lipinski definition) is 3. The van der Waals surface area contributed by atoms with E-state index >= 15 is 0 Å². The molecule has 0 unspecified atom stereocenters. The SMILES string of the molecule is CN(CCC(=O)O)CC(=O)NC(=O)NC1CC1. The van der Waals surface area contributed by atoms with Crippen LogP contribution in [0.5, 0.6) is 0 Å². The standard InChI is InChI=1S/C10H17N3O4/c1-13(5-4-9(15)16)6-8(14)12-10(17)11-7-2-3-7/h7H,2-6H2,1H3,(H,15,16)(H2,11,12,14,17). The average Bonchev–Trinajstić information content (AvgIpc) is 2.97. The Kier molecular flexibility index (Phi) is 4.89. The first-order valence-electron chi connectivity index (χ1n) is 5.48. The summed E-state index contributed by atoms with van der Waals surface area (Å²) in [6.45, 7) is 0.276. The van der Waals surface area contributed by atoms with Crippen LogP contribution in [-0.2, 0) is 9.59 Å². The molecule has 1 aliphatic carbocycles. The van der Waals surface area contributed by atoms with Gasteiger partial charge in [-0.25, -0.2) is 4.79 Å². The number of rotatable bonds is 6. The molecule has 1 saturated carbocycles. The van der Waals surface area contributed by atoms with Gasteiger partial charge < -0.3 is 10.4 Å². The Morgan fingerprint density at radius 1 is 1.35 bits per heavy atom. The fourth-order valence-electron chi connectivity index (χ4n) is 1.23. The van der Waals surface area contributed by atoms with Gasteiger partial charge in [0.05, 0.1) is 13.0 Å². The molecule has 0 radical (unpaired) electrons. The van der Waals surface area contributed by atoms with E-state index in [-0.39, 0.29) is 25.6 Å². The molecule has 0 heterocycles. The van der Waals surface area contributed by atoms with Crippen LogP contribution in [-0.4, -0.2) is 54.1 Å². The van der Waals surface area contributed by atoms with Gasteiger partial charge in [-0.2, -0.15) is 0 Å². The van der Waals surface area contributed by atoms with E-state index in [0.717, 1.165) is 12.8 Å². The van der Waals surface area contributed by atoms with Crippen molar-refractivity contribution in [2.45, 2.75) is 25.3 Å². The molecule has 3 N–H and O–H groups in total. The van der Waals surface area contributed by atoms with Gasteiger partial charge in [-0.1, -0.05) is 0 Å². The number of likely N-dealkylation sites (N-methyl/N-ethyl adjacent to an activating group) is 1. The molecule has 0 atom stereocenters. The van der Waals surface area contributed by atoms with E-state index in [1.165, 1.54) is 0 Å². The van der Waals surface area contributed by atoms with Crippen molar-refractivity contribution < 1.29 is 19.5 Å². The summed E-state index contributed by atoms with van der Waals surface area (Å²) in [4.78, 5) is 34.4. The first-order valence-corrected chi connectivity index (χ1v) is 5.48. The fourth-order valence-corrected chi connectivity index (χ4v) is 1.23. The highest BCUT2D eigenvalue weighted by Crippen LogP contribution is 2.18. The number of carboxylic acids is 1. The highest BCUT2D eigenvalue weighted by Gasteiger charge is 2.23. The molecule has 0 spiro atoms. The lowest BCUT2D eigenvalue weighted by Gasteiger charge is -2.14. The highest BCUT2D eigenvalue weighted by molar-refractivity contribution is 5.95. The summed E-state index contributed by atoms with van der Waals surface area (Å²) in [5, 5.41) is 13.3. The van der Waals surface area contributed by atoms with Crippen LogP contribution in [0.25, 0.3) is 0 Å². The number of imide groups is 1. The third kappa shape index (κ3) is 6.52. The molecule has 1 aliphatic rings. The van der Waals surface area contributed by atoms with Crippen molar-refractivity contribution in [1.82, 2.24) is 15.5 Å². The van der Waals surface area contributed by atoms with E-state index in [1.54, 1.807) is 11.9 Å². The topological polar surface area (TPSA) is 98.7 Å². The first kappa shape index (κ1) is 13.4. The van der Waals surface area contributed by atoms with Gasteiger partial charge in [0.1, 0.15) is 0 Å². The Morgan fingerprint density at radius 2 is 2.00 bits per heavy atom. The van der Waals surface area contributed by atoms with E-state index in [2.05, 4.69) is 10.6 Å². The number of amides is 3. The summed E-state index contributed by atoms with van der Waals surface area (Å²) in [7, 11) is 1.63. The number of nitrogens with zero attached hydrogens (tertiary/aromatic N) is 1. The maximum absolute atomic E-state index is 11.3. The molecule has 1 rings (SSSR count). The van der Waals surface area contributed by atoms with Crippen molar-refractivity contribution in [2.75, 3.05) is 20.1 Å². The molecule has 7 heteroatoms. The van der Waals surface area contributed by atoms with Crippen molar-refractivity contribution in [1.29, 1.82) is 0 Å². The summed E-state index contributed by atoms with van der Waals surface area (Å²) < 4.78 is 0. The minimum Gasteiger partial charge on any atom is -0.481 e. The molecular weight excluding hydrogens is 226 g/mol. The van der Waals surface area contributed by atoms with Crippen LogP contribution in [0.1, 0.15) is 19.3 Å². The molecule has 96 valence electrons. The van der Waals surface area contributed by atoms with Gasteiger partial charge in [0, 0.05) is 12.6 Å². The molecule has 0 aliphatic heterocycles. The van der Waals surface area contributed by atoms with E-state index in [9.17, 15) is 14.4 Å². The third-order valence-electron chi connectivity index (χ3n) is 2.29. The Bertz CT molecular complexity index is 315. The second-order valence-electron chi connectivity index (χ2n) is 4.18. The van der Waals surface area contributed by atoms with Crippen LogP contribution < -0.4 is 10.6 Å². The molecule has 17 heavy (non-hydrogen) atoms. The number of hydrogen-bond acceptors (Lipinski definition) is 4. The van der Waals surface area contributed by atoms with Crippen LogP contribution in [0.2, 0.25) is 0 Å². The summed E-state index contributed by atoms with van der Waals surface area (Å²) in [6.07, 6.45) is 1.89. The van der Waals surface area contributed by atoms with E-state index in [1.807, 2.05) is 0 Å². The molecule has 7 nitrogen and oxygen atoms in total. The second-order valence-corrected chi connectivity index (χ2v) is 4.18. The van der Waals surface area contributed by atoms with Crippen molar-refractivity contribution in [3.05, 3.63) is 0 Å². The second kappa shape index (κ2) is 6.19. The number of aliphatic carboxylic acids is 1. The summed E-state index contributed by atoms with van der Waals surface area (Å²) in [5.41, 5.74) is 0. The highest BCUT2D eigenvalue weighted by atomic mass is 16.4. The number of carbonyl (C=O) groups excluding carboxylic acids is 2. The Morgan fingerprint density at radius 3 is 2.53 bits per heavy atom. The lowest BCUT2D eigenvalue weighted by molar-refractivity contribution is -0.137. The van der Waals surface area contributed by atoms with Crippen LogP contribution in [0.4, 0.5) is 4.79 Å². The predicted octanol–water partition coefficient (Wildman–Crippen LogP) is -0.619.